The normalized spacial score (nSPS) is 15.9. The first-order valence-corrected chi connectivity index (χ1v) is 9.70. The summed E-state index contributed by atoms with van der Waals surface area (Å²) in [4.78, 5) is 32.0. The second-order valence-electron chi connectivity index (χ2n) is 7.08. The Morgan fingerprint density at radius 1 is 1.03 bits per heavy atom. The molecule has 2 aliphatic rings. The molecule has 2 aliphatic heterocycles. The van der Waals surface area contributed by atoms with E-state index < -0.39 is 0 Å². The van der Waals surface area contributed by atoms with Crippen molar-refractivity contribution in [2.45, 2.75) is 6.54 Å². The first-order chi connectivity index (χ1) is 15.2. The molecule has 2 aromatic carbocycles. The molecule has 3 heterocycles. The van der Waals surface area contributed by atoms with Crippen LogP contribution in [-0.2, 0) is 11.3 Å². The van der Waals surface area contributed by atoms with Crippen LogP contribution >= 0.6 is 0 Å². The van der Waals surface area contributed by atoms with E-state index in [9.17, 15) is 9.59 Å². The van der Waals surface area contributed by atoms with Gasteiger partial charge in [0.1, 0.15) is 0 Å². The summed E-state index contributed by atoms with van der Waals surface area (Å²) in [5, 5.41) is 0. The van der Waals surface area contributed by atoms with Crippen LogP contribution in [0.3, 0.4) is 0 Å². The Labute approximate surface area is 178 Å². The number of imide groups is 1. The highest BCUT2D eigenvalue weighted by molar-refractivity contribution is 6.33. The van der Waals surface area contributed by atoms with E-state index in [4.69, 9.17) is 14.2 Å². The first-order valence-electron chi connectivity index (χ1n) is 9.70. The third-order valence-corrected chi connectivity index (χ3v) is 5.21. The quantitative estimate of drug-likeness (QED) is 0.480. The van der Waals surface area contributed by atoms with Crippen molar-refractivity contribution in [2.24, 2.45) is 0 Å². The second kappa shape index (κ2) is 7.60. The summed E-state index contributed by atoms with van der Waals surface area (Å²) >= 11 is 0. The number of carbonyl (C=O) groups excluding carboxylic acids is 2. The molecule has 5 rings (SSSR count). The van der Waals surface area contributed by atoms with Gasteiger partial charge in [0.05, 0.1) is 19.3 Å². The highest BCUT2D eigenvalue weighted by Crippen LogP contribution is 2.43. The van der Waals surface area contributed by atoms with Crippen LogP contribution in [-0.4, -0.2) is 35.6 Å². The van der Waals surface area contributed by atoms with E-state index in [1.54, 1.807) is 61.8 Å². The molecular formula is C24H18N2O5. The van der Waals surface area contributed by atoms with Gasteiger partial charge in [0.25, 0.3) is 11.8 Å². The van der Waals surface area contributed by atoms with Crippen LogP contribution in [0.1, 0.15) is 27.2 Å². The first kappa shape index (κ1) is 18.9. The van der Waals surface area contributed by atoms with Crippen molar-refractivity contribution < 1.29 is 23.8 Å². The molecule has 31 heavy (non-hydrogen) atoms. The molecule has 0 atom stereocenters. The number of nitrogens with zero attached hydrogens (tertiary/aromatic N) is 2. The lowest BCUT2D eigenvalue weighted by molar-refractivity contribution is -0.123. The lowest BCUT2D eigenvalue weighted by atomic mass is 9.92. The molecule has 154 valence electrons. The van der Waals surface area contributed by atoms with Gasteiger partial charge in [-0.05, 0) is 47.5 Å². The van der Waals surface area contributed by atoms with Crippen LogP contribution in [0.5, 0.6) is 17.2 Å². The summed E-state index contributed by atoms with van der Waals surface area (Å²) in [5.74, 6) is 0.869. The van der Waals surface area contributed by atoms with E-state index in [0.29, 0.717) is 45.2 Å². The van der Waals surface area contributed by atoms with E-state index in [1.165, 1.54) is 4.90 Å². The summed E-state index contributed by atoms with van der Waals surface area (Å²) in [6.07, 6.45) is 3.38. The summed E-state index contributed by atoms with van der Waals surface area (Å²) in [6.45, 7) is 0.203. The largest absolute Gasteiger partial charge is 0.493 e. The maximum absolute atomic E-state index is 13.4. The van der Waals surface area contributed by atoms with Gasteiger partial charge >= 0.3 is 0 Å². The Hall–Kier alpha value is -4.13. The van der Waals surface area contributed by atoms with Gasteiger partial charge in [0.2, 0.25) is 12.5 Å². The zero-order valence-corrected chi connectivity index (χ0v) is 16.7. The fraction of sp³-hybridized carbons (Fsp3) is 0.125. The molecule has 0 fully saturated rings. The van der Waals surface area contributed by atoms with Crippen LogP contribution in [0.2, 0.25) is 0 Å². The van der Waals surface area contributed by atoms with Gasteiger partial charge in [0.15, 0.2) is 11.5 Å². The third kappa shape index (κ3) is 3.30. The van der Waals surface area contributed by atoms with E-state index in [1.807, 2.05) is 12.1 Å². The summed E-state index contributed by atoms with van der Waals surface area (Å²) in [7, 11) is 1.54. The lowest BCUT2D eigenvalue weighted by Crippen LogP contribution is -2.41. The Balaban J connectivity index is 1.61. The molecule has 0 unspecified atom stereocenters. The molecule has 0 radical (unpaired) electrons. The molecule has 7 heteroatoms. The number of benzene rings is 2. The number of ether oxygens (including phenoxy) is 3. The Bertz CT molecular complexity index is 1220. The molecule has 2 amide bonds. The predicted octanol–water partition coefficient (Wildman–Crippen LogP) is 3.54. The van der Waals surface area contributed by atoms with Gasteiger partial charge in [-0.15, -0.1) is 0 Å². The number of carbonyl (C=O) groups is 2. The molecule has 0 spiro atoms. The van der Waals surface area contributed by atoms with Crippen molar-refractivity contribution in [3.63, 3.8) is 0 Å². The van der Waals surface area contributed by atoms with Crippen molar-refractivity contribution in [1.82, 2.24) is 9.88 Å². The predicted molar refractivity (Wildman–Crippen MR) is 113 cm³/mol. The topological polar surface area (TPSA) is 78.0 Å². The lowest BCUT2D eigenvalue weighted by Gasteiger charge is -2.28. The van der Waals surface area contributed by atoms with Gasteiger partial charge in [0, 0.05) is 17.3 Å². The van der Waals surface area contributed by atoms with Crippen LogP contribution in [0.4, 0.5) is 0 Å². The maximum atomic E-state index is 13.4. The minimum absolute atomic E-state index is 0.0919. The van der Waals surface area contributed by atoms with Crippen LogP contribution in [0.15, 0.2) is 60.8 Å². The van der Waals surface area contributed by atoms with Gasteiger partial charge in [-0.25, -0.2) is 0 Å². The van der Waals surface area contributed by atoms with Crippen LogP contribution in [0, 0.1) is 0 Å². The fourth-order valence-corrected chi connectivity index (χ4v) is 3.74. The Kier molecular flexibility index (Phi) is 4.63. The molecular weight excluding hydrogens is 396 g/mol. The Morgan fingerprint density at radius 3 is 2.61 bits per heavy atom. The number of hydrogen-bond donors (Lipinski definition) is 0. The standard InChI is InChI=1S/C24H18N2O5/c1-29-20-11-15(12-21-22(20)31-14-30-21)10-19-17-7-2-3-8-18(17)23(27)26(24(19)28)13-16-6-4-5-9-25-16/h2-12H,13-14H2,1H3/b19-10-. The van der Waals surface area contributed by atoms with Gasteiger partial charge in [-0.2, -0.15) is 0 Å². The third-order valence-electron chi connectivity index (χ3n) is 5.21. The zero-order valence-electron chi connectivity index (χ0n) is 16.7. The second-order valence-corrected chi connectivity index (χ2v) is 7.08. The van der Waals surface area contributed by atoms with Gasteiger partial charge in [-0.3, -0.25) is 19.5 Å². The molecule has 3 aromatic rings. The van der Waals surface area contributed by atoms with E-state index in [2.05, 4.69) is 4.98 Å². The number of pyridine rings is 1. The SMILES string of the molecule is COc1cc(/C=C2\C(=O)N(Cc3ccccn3)C(=O)c3ccccc32)cc2c1OCO2. The summed E-state index contributed by atoms with van der Waals surface area (Å²) < 4.78 is 16.3. The van der Waals surface area contributed by atoms with E-state index >= 15 is 0 Å². The van der Waals surface area contributed by atoms with Crippen molar-refractivity contribution >= 4 is 23.5 Å². The molecule has 0 bridgehead atoms. The monoisotopic (exact) mass is 414 g/mol. The minimum atomic E-state index is -0.383. The van der Waals surface area contributed by atoms with Gasteiger partial charge in [-0.1, -0.05) is 24.3 Å². The highest BCUT2D eigenvalue weighted by Gasteiger charge is 2.35. The van der Waals surface area contributed by atoms with E-state index in [0.717, 1.165) is 0 Å². The van der Waals surface area contributed by atoms with Gasteiger partial charge < -0.3 is 14.2 Å². The smallest absolute Gasteiger partial charge is 0.261 e. The average molecular weight is 414 g/mol. The van der Waals surface area contributed by atoms with E-state index in [-0.39, 0.29) is 25.2 Å². The molecule has 0 saturated carbocycles. The number of hydrogen-bond acceptors (Lipinski definition) is 6. The molecule has 0 N–H and O–H groups in total. The summed E-state index contributed by atoms with van der Waals surface area (Å²) in [6, 6.07) is 16.1. The van der Waals surface area contributed by atoms with Crippen LogP contribution in [0.25, 0.3) is 11.6 Å². The number of methoxy groups -OCH3 is 1. The zero-order chi connectivity index (χ0) is 21.4. The Morgan fingerprint density at radius 2 is 1.84 bits per heavy atom. The molecule has 1 aromatic heterocycles. The van der Waals surface area contributed by atoms with Crippen molar-refractivity contribution in [3.05, 3.63) is 83.2 Å². The average Bonchev–Trinajstić information content (AvgIpc) is 3.28. The maximum Gasteiger partial charge on any atom is 0.261 e. The molecule has 0 aliphatic carbocycles. The molecule has 7 nitrogen and oxygen atoms in total. The number of aromatic nitrogens is 1. The summed E-state index contributed by atoms with van der Waals surface area (Å²) in [5.41, 5.74) is 2.80. The highest BCUT2D eigenvalue weighted by atomic mass is 16.7. The van der Waals surface area contributed by atoms with Crippen molar-refractivity contribution in [2.75, 3.05) is 13.9 Å². The number of rotatable bonds is 4. The number of amides is 2. The van der Waals surface area contributed by atoms with Crippen molar-refractivity contribution in [1.29, 1.82) is 0 Å². The fourth-order valence-electron chi connectivity index (χ4n) is 3.74. The van der Waals surface area contributed by atoms with Crippen molar-refractivity contribution in [3.8, 4) is 17.2 Å². The number of fused-ring (bicyclic) bond motifs is 2. The molecule has 0 saturated heterocycles. The van der Waals surface area contributed by atoms with Crippen LogP contribution < -0.4 is 14.2 Å². The minimum Gasteiger partial charge on any atom is -0.493 e.